The van der Waals surface area contributed by atoms with Gasteiger partial charge in [-0.1, -0.05) is 6.92 Å². The molecule has 0 aromatic rings. The minimum Gasteiger partial charge on any atom is -0.396 e. The van der Waals surface area contributed by atoms with E-state index in [9.17, 15) is 0 Å². The maximum atomic E-state index is 7.88. The Morgan fingerprint density at radius 3 is 1.67 bits per heavy atom. The van der Waals surface area contributed by atoms with Gasteiger partial charge >= 0.3 is 0 Å². The Labute approximate surface area is 54.7 Å². The molecule has 0 rings (SSSR count). The van der Waals surface area contributed by atoms with E-state index in [2.05, 4.69) is 0 Å². The summed E-state index contributed by atoms with van der Waals surface area (Å²) in [4.78, 5) is 0. The van der Waals surface area contributed by atoms with Gasteiger partial charge < -0.3 is 5.11 Å². The van der Waals surface area contributed by atoms with Crippen molar-refractivity contribution in [1.29, 1.82) is 0 Å². The van der Waals surface area contributed by atoms with Gasteiger partial charge in [0.25, 0.3) is 0 Å². The maximum Gasteiger partial charge on any atom is 0.0428 e. The van der Waals surface area contributed by atoms with E-state index >= 15 is 0 Å². The molecule has 3 heteroatoms. The molecule has 0 saturated carbocycles. The van der Waals surface area contributed by atoms with Crippen LogP contribution in [-0.2, 0) is 16.8 Å². The van der Waals surface area contributed by atoms with Gasteiger partial charge in [0.2, 0.25) is 0 Å². The van der Waals surface area contributed by atoms with E-state index in [-0.39, 0.29) is 29.2 Å². The van der Waals surface area contributed by atoms with Gasteiger partial charge in [-0.3, -0.25) is 0 Å². The van der Waals surface area contributed by atoms with Crippen molar-refractivity contribution in [2.45, 2.75) is 13.3 Å². The second-order valence-corrected chi connectivity index (χ2v) is 0.724. The van der Waals surface area contributed by atoms with Crippen LogP contribution in [0.5, 0.6) is 0 Å². The molecular formula is C3H9ClCoO. The summed E-state index contributed by atoms with van der Waals surface area (Å²) in [7, 11) is 0. The minimum absolute atomic E-state index is 0. The van der Waals surface area contributed by atoms with E-state index in [0.29, 0.717) is 6.61 Å². The number of hydrogen-bond donors (Lipinski definition) is 1. The first-order valence-electron chi connectivity index (χ1n) is 1.52. The molecule has 0 fully saturated rings. The van der Waals surface area contributed by atoms with Crippen molar-refractivity contribution in [3.8, 4) is 0 Å². The zero-order valence-electron chi connectivity index (χ0n) is 3.60. The number of halogens is 1. The average Bonchev–Trinajstić information content (AvgIpc) is 1.37. The van der Waals surface area contributed by atoms with Crippen molar-refractivity contribution in [3.05, 3.63) is 0 Å². The monoisotopic (exact) mass is 155 g/mol. The summed E-state index contributed by atoms with van der Waals surface area (Å²) >= 11 is 0. The van der Waals surface area contributed by atoms with Crippen molar-refractivity contribution in [2.75, 3.05) is 6.61 Å². The van der Waals surface area contributed by atoms with Crippen LogP contribution in [0.4, 0.5) is 0 Å². The van der Waals surface area contributed by atoms with E-state index in [1.807, 2.05) is 6.92 Å². The molecular weight excluding hydrogens is 146 g/mol. The molecule has 43 valence electrons. The van der Waals surface area contributed by atoms with Crippen molar-refractivity contribution >= 4 is 12.4 Å². The molecule has 0 unspecified atom stereocenters. The van der Waals surface area contributed by atoms with Gasteiger partial charge in [0.1, 0.15) is 0 Å². The SMILES string of the molecule is CCCO.Cl.[Co]. The minimum atomic E-state index is 0. The second kappa shape index (κ2) is 17.1. The van der Waals surface area contributed by atoms with Gasteiger partial charge in [-0.2, -0.15) is 0 Å². The largest absolute Gasteiger partial charge is 0.396 e. The molecule has 0 aliphatic carbocycles. The molecule has 0 heterocycles. The number of aliphatic hydroxyl groups excluding tert-OH is 1. The quantitative estimate of drug-likeness (QED) is 0.594. The van der Waals surface area contributed by atoms with Gasteiger partial charge in [0, 0.05) is 23.4 Å². The van der Waals surface area contributed by atoms with Crippen LogP contribution in [0.15, 0.2) is 0 Å². The number of hydrogen-bond acceptors (Lipinski definition) is 1. The van der Waals surface area contributed by atoms with E-state index < -0.39 is 0 Å². The molecule has 0 amide bonds. The molecule has 0 aliphatic heterocycles. The van der Waals surface area contributed by atoms with E-state index in [1.165, 1.54) is 0 Å². The predicted molar refractivity (Wildman–Crippen MR) is 24.6 cm³/mol. The zero-order valence-corrected chi connectivity index (χ0v) is 5.46. The summed E-state index contributed by atoms with van der Waals surface area (Å²) < 4.78 is 0. The van der Waals surface area contributed by atoms with Crippen LogP contribution < -0.4 is 0 Å². The Kier molecular flexibility index (Phi) is 45.3. The third-order valence-corrected chi connectivity index (χ3v) is 0.224. The normalized spacial score (nSPS) is 5.00. The summed E-state index contributed by atoms with van der Waals surface area (Å²) in [6.07, 6.45) is 0.875. The molecule has 0 spiro atoms. The van der Waals surface area contributed by atoms with Crippen LogP contribution >= 0.6 is 12.4 Å². The van der Waals surface area contributed by atoms with E-state index in [0.717, 1.165) is 6.42 Å². The molecule has 6 heavy (non-hydrogen) atoms. The Hall–Kier alpha value is 0.756. The summed E-state index contributed by atoms with van der Waals surface area (Å²) in [5.41, 5.74) is 0. The molecule has 0 saturated heterocycles. The van der Waals surface area contributed by atoms with Crippen molar-refractivity contribution < 1.29 is 21.9 Å². The fraction of sp³-hybridized carbons (Fsp3) is 1.00. The summed E-state index contributed by atoms with van der Waals surface area (Å²) in [6.45, 7) is 2.25. The summed E-state index contributed by atoms with van der Waals surface area (Å²) in [5.74, 6) is 0. The first-order valence-corrected chi connectivity index (χ1v) is 1.52. The third kappa shape index (κ3) is 21.8. The van der Waals surface area contributed by atoms with E-state index in [4.69, 9.17) is 5.11 Å². The van der Waals surface area contributed by atoms with Gasteiger partial charge in [0.15, 0.2) is 0 Å². The van der Waals surface area contributed by atoms with Crippen LogP contribution in [0, 0.1) is 0 Å². The zero-order chi connectivity index (χ0) is 3.41. The molecule has 0 aliphatic rings. The van der Waals surface area contributed by atoms with Gasteiger partial charge in [-0.15, -0.1) is 12.4 Å². The van der Waals surface area contributed by atoms with Crippen LogP contribution in [0.2, 0.25) is 0 Å². The molecule has 0 aromatic carbocycles. The fourth-order valence-corrected chi connectivity index (χ4v) is 0. The molecule has 0 bridgehead atoms. The van der Waals surface area contributed by atoms with Crippen molar-refractivity contribution in [2.24, 2.45) is 0 Å². The molecule has 0 atom stereocenters. The van der Waals surface area contributed by atoms with Gasteiger partial charge in [0.05, 0.1) is 0 Å². The first-order chi connectivity index (χ1) is 1.91. The standard InChI is InChI=1S/C3H8O.ClH.Co/c1-2-3-4;;/h4H,2-3H2,1H3;1H;. The summed E-state index contributed by atoms with van der Waals surface area (Å²) in [5, 5.41) is 7.88. The van der Waals surface area contributed by atoms with Crippen molar-refractivity contribution in [3.63, 3.8) is 0 Å². The Morgan fingerprint density at radius 2 is 1.67 bits per heavy atom. The summed E-state index contributed by atoms with van der Waals surface area (Å²) in [6, 6.07) is 0. The maximum absolute atomic E-state index is 7.88. The fourth-order valence-electron chi connectivity index (χ4n) is 0. The second-order valence-electron chi connectivity index (χ2n) is 0.724. The van der Waals surface area contributed by atoms with Gasteiger partial charge in [-0.05, 0) is 6.42 Å². The number of aliphatic hydroxyl groups is 1. The first kappa shape index (κ1) is 15.9. The molecule has 1 radical (unpaired) electrons. The Morgan fingerprint density at radius 1 is 1.50 bits per heavy atom. The van der Waals surface area contributed by atoms with Crippen LogP contribution in [0.25, 0.3) is 0 Å². The Bertz CT molecular complexity index is 12.8. The van der Waals surface area contributed by atoms with Crippen LogP contribution in [-0.4, -0.2) is 11.7 Å². The van der Waals surface area contributed by atoms with Crippen LogP contribution in [0.1, 0.15) is 13.3 Å². The van der Waals surface area contributed by atoms with Crippen LogP contribution in [0.3, 0.4) is 0 Å². The van der Waals surface area contributed by atoms with E-state index in [1.54, 1.807) is 0 Å². The molecule has 0 aromatic heterocycles. The number of rotatable bonds is 1. The predicted octanol–water partition coefficient (Wildman–Crippen LogP) is 0.808. The third-order valence-electron chi connectivity index (χ3n) is 0.224. The topological polar surface area (TPSA) is 20.2 Å². The van der Waals surface area contributed by atoms with Crippen molar-refractivity contribution in [1.82, 2.24) is 0 Å². The molecule has 1 nitrogen and oxygen atoms in total. The smallest absolute Gasteiger partial charge is 0.0428 e. The average molecular weight is 155 g/mol. The Balaban J connectivity index is -0.0000000450. The van der Waals surface area contributed by atoms with Gasteiger partial charge in [-0.25, -0.2) is 0 Å². The molecule has 1 N–H and O–H groups in total.